The summed E-state index contributed by atoms with van der Waals surface area (Å²) in [6.07, 6.45) is 5.94. The molecule has 2 nitrogen and oxygen atoms in total. The van der Waals surface area contributed by atoms with E-state index in [1.165, 1.54) is 19.3 Å². The number of thioether (sulfide) groups is 1. The third-order valence-electron chi connectivity index (χ3n) is 4.15. The molecule has 2 bridgehead atoms. The predicted molar refractivity (Wildman–Crippen MR) is 60.4 cm³/mol. The van der Waals surface area contributed by atoms with Crippen LogP contribution in [0, 0.1) is 5.92 Å². The van der Waals surface area contributed by atoms with Crippen LogP contribution >= 0.6 is 11.8 Å². The van der Waals surface area contributed by atoms with Crippen LogP contribution in [0.25, 0.3) is 0 Å². The van der Waals surface area contributed by atoms with E-state index in [2.05, 4.69) is 18.1 Å². The summed E-state index contributed by atoms with van der Waals surface area (Å²) in [6, 6.07) is 0.546. The number of carbonyl (C=O) groups is 1. The highest BCUT2D eigenvalue weighted by molar-refractivity contribution is 8.00. The van der Waals surface area contributed by atoms with Crippen LogP contribution in [0.4, 0.5) is 0 Å². The van der Waals surface area contributed by atoms with Crippen LogP contribution in [0.2, 0.25) is 0 Å². The van der Waals surface area contributed by atoms with E-state index in [0.29, 0.717) is 10.8 Å². The van der Waals surface area contributed by atoms with E-state index in [1.807, 2.05) is 11.8 Å². The Labute approximate surface area is 90.4 Å². The van der Waals surface area contributed by atoms with E-state index in [-0.39, 0.29) is 5.91 Å². The SMILES string of the molecule is CCC1(SC)CC2CC1CN2C(C)=O. The second-order valence-electron chi connectivity index (χ2n) is 4.58. The Bertz CT molecular complexity index is 250. The van der Waals surface area contributed by atoms with Gasteiger partial charge in [-0.15, -0.1) is 0 Å². The molecule has 2 aliphatic rings. The number of amides is 1. The minimum atomic E-state index is 0.267. The summed E-state index contributed by atoms with van der Waals surface area (Å²) in [5, 5.41) is 0. The molecule has 3 heteroatoms. The van der Waals surface area contributed by atoms with Gasteiger partial charge in [0.15, 0.2) is 0 Å². The van der Waals surface area contributed by atoms with Crippen LogP contribution in [-0.4, -0.2) is 34.4 Å². The first-order valence-electron chi connectivity index (χ1n) is 5.45. The molecule has 3 unspecified atom stereocenters. The first-order valence-corrected chi connectivity index (χ1v) is 6.68. The van der Waals surface area contributed by atoms with Crippen LogP contribution in [0.3, 0.4) is 0 Å². The van der Waals surface area contributed by atoms with Crippen molar-refractivity contribution in [2.24, 2.45) is 5.92 Å². The Balaban J connectivity index is 2.12. The average Bonchev–Trinajstić information content (AvgIpc) is 2.74. The molecule has 0 radical (unpaired) electrons. The van der Waals surface area contributed by atoms with Crippen LogP contribution in [0.1, 0.15) is 33.1 Å². The molecule has 1 saturated carbocycles. The molecular weight excluding hydrogens is 194 g/mol. The van der Waals surface area contributed by atoms with Crippen LogP contribution < -0.4 is 0 Å². The summed E-state index contributed by atoms with van der Waals surface area (Å²) in [4.78, 5) is 13.4. The molecule has 1 heterocycles. The van der Waals surface area contributed by atoms with Gasteiger partial charge in [0.05, 0.1) is 0 Å². The molecule has 1 aliphatic heterocycles. The van der Waals surface area contributed by atoms with Crippen molar-refractivity contribution in [3.8, 4) is 0 Å². The first kappa shape index (κ1) is 10.3. The van der Waals surface area contributed by atoms with E-state index >= 15 is 0 Å². The number of nitrogens with zero attached hydrogens (tertiary/aromatic N) is 1. The largest absolute Gasteiger partial charge is 0.340 e. The van der Waals surface area contributed by atoms with Gasteiger partial charge in [0, 0.05) is 24.3 Å². The van der Waals surface area contributed by atoms with E-state index in [4.69, 9.17) is 0 Å². The molecular formula is C11H19NOS. The molecule has 3 atom stereocenters. The normalized spacial score (nSPS) is 40.6. The molecule has 0 aromatic heterocycles. The lowest BCUT2D eigenvalue weighted by molar-refractivity contribution is -0.130. The number of carbonyl (C=O) groups excluding carboxylic acids is 1. The van der Waals surface area contributed by atoms with Crippen LogP contribution in [0.15, 0.2) is 0 Å². The van der Waals surface area contributed by atoms with Crippen molar-refractivity contribution >= 4 is 17.7 Å². The first-order chi connectivity index (χ1) is 6.63. The molecule has 2 fully saturated rings. The monoisotopic (exact) mass is 213 g/mol. The van der Waals surface area contributed by atoms with Crippen molar-refractivity contribution in [1.29, 1.82) is 0 Å². The van der Waals surface area contributed by atoms with Gasteiger partial charge in [-0.2, -0.15) is 11.8 Å². The molecule has 1 saturated heterocycles. The summed E-state index contributed by atoms with van der Waals surface area (Å²) in [5.74, 6) is 1.01. The third-order valence-corrected chi connectivity index (χ3v) is 5.75. The summed E-state index contributed by atoms with van der Waals surface area (Å²) in [5.41, 5.74) is 0. The summed E-state index contributed by atoms with van der Waals surface area (Å²) in [6.45, 7) is 5.00. The number of hydrogen-bond acceptors (Lipinski definition) is 2. The van der Waals surface area contributed by atoms with Crippen molar-refractivity contribution in [2.75, 3.05) is 12.8 Å². The third kappa shape index (κ3) is 1.28. The molecule has 0 spiro atoms. The lowest BCUT2D eigenvalue weighted by atomic mass is 9.91. The van der Waals surface area contributed by atoms with Gasteiger partial charge in [-0.25, -0.2) is 0 Å². The Morgan fingerprint density at radius 1 is 1.64 bits per heavy atom. The van der Waals surface area contributed by atoms with Gasteiger partial charge in [0.2, 0.25) is 5.91 Å². The number of piperidine rings is 1. The second-order valence-corrected chi connectivity index (χ2v) is 5.81. The van der Waals surface area contributed by atoms with Gasteiger partial charge in [-0.1, -0.05) is 6.92 Å². The maximum atomic E-state index is 11.3. The van der Waals surface area contributed by atoms with Gasteiger partial charge in [0.25, 0.3) is 0 Å². The lowest BCUT2D eigenvalue weighted by Gasteiger charge is -2.39. The second kappa shape index (κ2) is 3.44. The molecule has 1 amide bonds. The number of rotatable bonds is 2. The fourth-order valence-corrected chi connectivity index (χ4v) is 4.42. The summed E-state index contributed by atoms with van der Waals surface area (Å²) < 4.78 is 0.483. The van der Waals surface area contributed by atoms with E-state index in [0.717, 1.165) is 12.5 Å². The maximum Gasteiger partial charge on any atom is 0.219 e. The highest BCUT2D eigenvalue weighted by Crippen LogP contribution is 2.53. The van der Waals surface area contributed by atoms with Crippen molar-refractivity contribution in [3.63, 3.8) is 0 Å². The molecule has 0 aromatic carbocycles. The van der Waals surface area contributed by atoms with Gasteiger partial charge >= 0.3 is 0 Å². The zero-order valence-electron chi connectivity index (χ0n) is 9.25. The smallest absolute Gasteiger partial charge is 0.219 e. The highest BCUT2D eigenvalue weighted by atomic mass is 32.2. The fraction of sp³-hybridized carbons (Fsp3) is 0.909. The van der Waals surface area contributed by atoms with Crippen molar-refractivity contribution in [2.45, 2.75) is 43.9 Å². The predicted octanol–water partition coefficient (Wildman–Crippen LogP) is 2.14. The zero-order chi connectivity index (χ0) is 10.3. The Morgan fingerprint density at radius 2 is 2.36 bits per heavy atom. The Kier molecular flexibility index (Phi) is 2.54. The minimum absolute atomic E-state index is 0.267. The molecule has 1 aliphatic carbocycles. The van der Waals surface area contributed by atoms with E-state index < -0.39 is 0 Å². The lowest BCUT2D eigenvalue weighted by Crippen LogP contribution is -2.45. The molecule has 2 rings (SSSR count). The quantitative estimate of drug-likeness (QED) is 0.700. The minimum Gasteiger partial charge on any atom is -0.340 e. The van der Waals surface area contributed by atoms with Crippen molar-refractivity contribution in [1.82, 2.24) is 4.90 Å². The number of hydrogen-bond donors (Lipinski definition) is 0. The topological polar surface area (TPSA) is 20.3 Å². The number of fused-ring (bicyclic) bond motifs is 2. The van der Waals surface area contributed by atoms with Crippen molar-refractivity contribution in [3.05, 3.63) is 0 Å². The van der Waals surface area contributed by atoms with E-state index in [9.17, 15) is 4.79 Å². The van der Waals surface area contributed by atoms with Crippen LogP contribution in [-0.2, 0) is 4.79 Å². The van der Waals surface area contributed by atoms with Gasteiger partial charge in [-0.05, 0) is 31.4 Å². The number of likely N-dealkylation sites (tertiary alicyclic amines) is 1. The molecule has 0 N–H and O–H groups in total. The molecule has 14 heavy (non-hydrogen) atoms. The average molecular weight is 213 g/mol. The van der Waals surface area contributed by atoms with E-state index in [1.54, 1.807) is 6.92 Å². The van der Waals surface area contributed by atoms with Crippen molar-refractivity contribution < 1.29 is 4.79 Å². The van der Waals surface area contributed by atoms with Gasteiger partial charge in [-0.3, -0.25) is 4.79 Å². The zero-order valence-corrected chi connectivity index (χ0v) is 10.1. The summed E-state index contributed by atoms with van der Waals surface area (Å²) >= 11 is 2.02. The summed E-state index contributed by atoms with van der Waals surface area (Å²) in [7, 11) is 0. The molecule has 80 valence electrons. The Morgan fingerprint density at radius 3 is 2.71 bits per heavy atom. The standard InChI is InChI=1S/C11H19NOS/c1-4-11(14-3)6-10-5-9(11)7-12(10)8(2)13/h9-10H,4-7H2,1-3H3. The molecule has 0 aromatic rings. The maximum absolute atomic E-state index is 11.3. The van der Waals surface area contributed by atoms with Crippen LogP contribution in [0.5, 0.6) is 0 Å². The van der Waals surface area contributed by atoms with Gasteiger partial charge < -0.3 is 4.90 Å². The fourth-order valence-electron chi connectivity index (χ4n) is 3.27. The highest BCUT2D eigenvalue weighted by Gasteiger charge is 2.53. The van der Waals surface area contributed by atoms with Gasteiger partial charge in [0.1, 0.15) is 0 Å². The Hall–Kier alpha value is -0.180.